The Morgan fingerprint density at radius 2 is 2.23 bits per heavy atom. The van der Waals surface area contributed by atoms with E-state index in [1.165, 1.54) is 0 Å². The summed E-state index contributed by atoms with van der Waals surface area (Å²) in [5, 5.41) is 17.4. The van der Waals surface area contributed by atoms with Gasteiger partial charge in [0.15, 0.2) is 0 Å². The van der Waals surface area contributed by atoms with Gasteiger partial charge in [0.05, 0.1) is 16.3 Å². The predicted octanol–water partition coefficient (Wildman–Crippen LogP) is 1.32. The van der Waals surface area contributed by atoms with Gasteiger partial charge in [-0.2, -0.15) is 4.39 Å². The predicted molar refractivity (Wildman–Crippen MR) is 48.4 cm³/mol. The molecular weight excluding hydrogens is 197 g/mol. The first-order chi connectivity index (χ1) is 6.06. The fraction of sp³-hybridized carbons (Fsp3) is 0. The van der Waals surface area contributed by atoms with Crippen molar-refractivity contribution in [3.05, 3.63) is 33.8 Å². The van der Waals surface area contributed by atoms with Gasteiger partial charge in [-0.15, -0.1) is 0 Å². The number of hydrogen-bond acceptors (Lipinski definition) is 5. The normalized spacial score (nSPS) is 19.8. The number of allylic oxidation sites excluding steroid dienone is 3. The summed E-state index contributed by atoms with van der Waals surface area (Å²) in [6.45, 7) is 0. The molecule has 0 spiro atoms. The van der Waals surface area contributed by atoms with E-state index < -0.39 is 16.4 Å². The van der Waals surface area contributed by atoms with Crippen molar-refractivity contribution in [1.29, 1.82) is 5.41 Å². The highest BCUT2D eigenvalue weighted by Gasteiger charge is 2.24. The number of rotatable bonds is 1. The molecule has 0 saturated carbocycles. The van der Waals surface area contributed by atoms with Crippen LogP contribution in [0.3, 0.4) is 0 Å². The molecule has 13 heavy (non-hydrogen) atoms. The van der Waals surface area contributed by atoms with Gasteiger partial charge in [0, 0.05) is 12.2 Å². The molecule has 0 unspecified atom stereocenters. The molecule has 1 aliphatic rings. The van der Waals surface area contributed by atoms with Crippen molar-refractivity contribution in [3.63, 3.8) is 0 Å². The first-order valence-corrected chi connectivity index (χ1v) is 3.51. The maximum atomic E-state index is 12.8. The fourth-order valence-electron chi connectivity index (χ4n) is 0.774. The molecule has 5 nitrogen and oxygen atoms in total. The third-order valence-corrected chi connectivity index (χ3v) is 1.59. The lowest BCUT2D eigenvalue weighted by atomic mass is 10.1. The van der Waals surface area contributed by atoms with Gasteiger partial charge in [0.1, 0.15) is 0 Å². The lowest BCUT2D eigenvalue weighted by Crippen LogP contribution is -2.16. The van der Waals surface area contributed by atoms with E-state index in [2.05, 4.69) is 17.2 Å². The summed E-state index contributed by atoms with van der Waals surface area (Å²) in [5.41, 5.74) is -1.000. The zero-order chi connectivity index (χ0) is 10.0. The van der Waals surface area contributed by atoms with Gasteiger partial charge < -0.3 is 0 Å². The molecule has 0 amide bonds. The molecule has 0 aromatic heterocycles. The molecule has 0 aromatic rings. The summed E-state index contributed by atoms with van der Waals surface area (Å²) in [6, 6.07) is 0. The third kappa shape index (κ3) is 1.81. The number of halogens is 1. The highest BCUT2D eigenvalue weighted by atomic mass is 32.1. The van der Waals surface area contributed by atoms with Gasteiger partial charge >= 0.3 is 5.70 Å². The maximum Gasteiger partial charge on any atom is 0.307 e. The Bertz CT molecular complexity index is 372. The molecular formula is C6H4FN3O2S. The van der Waals surface area contributed by atoms with Crippen LogP contribution in [0.4, 0.5) is 4.39 Å². The van der Waals surface area contributed by atoms with E-state index in [1.54, 1.807) is 0 Å². The van der Waals surface area contributed by atoms with Crippen LogP contribution in [0.25, 0.3) is 0 Å². The molecule has 0 aliphatic heterocycles. The van der Waals surface area contributed by atoms with Crippen molar-refractivity contribution in [2.45, 2.75) is 0 Å². The van der Waals surface area contributed by atoms with E-state index in [9.17, 15) is 14.5 Å². The average Bonchev–Trinajstić information content (AvgIpc) is 2.07. The summed E-state index contributed by atoms with van der Waals surface area (Å²) in [5.74, 6) is -1.02. The Labute approximate surface area is 77.9 Å². The average molecular weight is 201 g/mol. The molecule has 0 radical (unpaired) electrons. The van der Waals surface area contributed by atoms with Crippen molar-refractivity contribution in [2.75, 3.05) is 0 Å². The second-order valence-electron chi connectivity index (χ2n) is 2.18. The summed E-state index contributed by atoms with van der Waals surface area (Å²) < 4.78 is 16.1. The number of nitrogens with zero attached hydrogens (tertiary/aromatic N) is 2. The zero-order valence-corrected chi connectivity index (χ0v) is 7.09. The van der Waals surface area contributed by atoms with E-state index >= 15 is 0 Å². The topological polar surface area (TPSA) is 79.3 Å². The van der Waals surface area contributed by atoms with Crippen LogP contribution < -0.4 is 0 Å². The summed E-state index contributed by atoms with van der Waals surface area (Å²) >= 11 is 3.48. The molecule has 68 valence electrons. The zero-order valence-electron chi connectivity index (χ0n) is 6.19. The first kappa shape index (κ1) is 9.59. The molecule has 1 aliphatic carbocycles. The Morgan fingerprint density at radius 3 is 2.69 bits per heavy atom. The molecule has 0 bridgehead atoms. The van der Waals surface area contributed by atoms with E-state index in [1.807, 2.05) is 0 Å². The Morgan fingerprint density at radius 1 is 1.62 bits per heavy atom. The van der Waals surface area contributed by atoms with Crippen LogP contribution in [0, 0.1) is 15.5 Å². The summed E-state index contributed by atoms with van der Waals surface area (Å²) in [4.78, 5) is 9.31. The van der Waals surface area contributed by atoms with Crippen LogP contribution in [0.2, 0.25) is 0 Å². The van der Waals surface area contributed by atoms with Crippen LogP contribution in [0.1, 0.15) is 0 Å². The minimum absolute atomic E-state index is 0.0357. The standard InChI is InChI=1S/C6H4FN3O2S/c7-3-1-5(9-13)4(8)2-6(3)10(11)12/h1-2,8,13H/b8-4?,9-5-. The van der Waals surface area contributed by atoms with E-state index in [0.29, 0.717) is 0 Å². The lowest BCUT2D eigenvalue weighted by Gasteiger charge is -2.04. The van der Waals surface area contributed by atoms with Gasteiger partial charge in [-0.25, -0.2) is 4.40 Å². The smallest absolute Gasteiger partial charge is 0.298 e. The maximum absolute atomic E-state index is 12.8. The SMILES string of the molecule is N=C1C=C([N+](=O)[O-])C(F)=C/C1=N/S. The van der Waals surface area contributed by atoms with Crippen molar-refractivity contribution in [1.82, 2.24) is 0 Å². The van der Waals surface area contributed by atoms with Crippen LogP contribution in [0.5, 0.6) is 0 Å². The van der Waals surface area contributed by atoms with E-state index in [4.69, 9.17) is 5.41 Å². The lowest BCUT2D eigenvalue weighted by molar-refractivity contribution is -0.422. The Kier molecular flexibility index (Phi) is 2.57. The van der Waals surface area contributed by atoms with Crippen LogP contribution in [0.15, 0.2) is 28.1 Å². The Balaban J connectivity index is 3.15. The molecule has 0 fully saturated rings. The quantitative estimate of drug-likeness (QED) is 0.290. The minimum Gasteiger partial charge on any atom is -0.298 e. The molecule has 0 aromatic carbocycles. The van der Waals surface area contributed by atoms with Crippen LogP contribution in [-0.4, -0.2) is 16.3 Å². The first-order valence-electron chi connectivity index (χ1n) is 3.11. The second kappa shape index (κ2) is 3.48. The number of nitrogens with one attached hydrogen (secondary N) is 1. The van der Waals surface area contributed by atoms with Gasteiger partial charge in [-0.05, 0) is 12.8 Å². The Hall–Kier alpha value is -1.50. The number of nitro groups is 1. The second-order valence-corrected chi connectivity index (χ2v) is 2.38. The minimum atomic E-state index is -1.02. The third-order valence-electron chi connectivity index (χ3n) is 1.37. The molecule has 1 N–H and O–H groups in total. The molecule has 0 heterocycles. The van der Waals surface area contributed by atoms with Crippen molar-refractivity contribution in [2.24, 2.45) is 4.40 Å². The highest BCUT2D eigenvalue weighted by molar-refractivity contribution is 7.79. The molecule has 1 rings (SSSR count). The molecule has 0 saturated heterocycles. The molecule has 7 heteroatoms. The van der Waals surface area contributed by atoms with Gasteiger partial charge in [-0.1, -0.05) is 0 Å². The largest absolute Gasteiger partial charge is 0.307 e. The number of hydrogen-bond donors (Lipinski definition) is 2. The van der Waals surface area contributed by atoms with E-state index in [0.717, 1.165) is 12.2 Å². The van der Waals surface area contributed by atoms with Gasteiger partial charge in [-0.3, -0.25) is 15.5 Å². The molecule has 0 atom stereocenters. The summed E-state index contributed by atoms with van der Waals surface area (Å²) in [7, 11) is 0. The van der Waals surface area contributed by atoms with E-state index in [-0.39, 0.29) is 11.4 Å². The van der Waals surface area contributed by atoms with Crippen molar-refractivity contribution >= 4 is 24.2 Å². The highest BCUT2D eigenvalue weighted by Crippen LogP contribution is 2.17. The van der Waals surface area contributed by atoms with Crippen molar-refractivity contribution in [3.8, 4) is 0 Å². The van der Waals surface area contributed by atoms with Crippen molar-refractivity contribution < 1.29 is 9.31 Å². The van der Waals surface area contributed by atoms with Gasteiger partial charge in [0.25, 0.3) is 0 Å². The summed E-state index contributed by atoms with van der Waals surface area (Å²) in [6.07, 6.45) is 1.60. The monoisotopic (exact) mass is 201 g/mol. The van der Waals surface area contributed by atoms with Crippen LogP contribution in [-0.2, 0) is 0 Å². The van der Waals surface area contributed by atoms with Gasteiger partial charge in [0.2, 0.25) is 5.83 Å². The van der Waals surface area contributed by atoms with Crippen LogP contribution >= 0.6 is 12.8 Å². The number of thiol groups is 1. The fourth-order valence-corrected chi connectivity index (χ4v) is 0.939.